The van der Waals surface area contributed by atoms with Gasteiger partial charge in [0.1, 0.15) is 5.54 Å². The van der Waals surface area contributed by atoms with Crippen LogP contribution in [0, 0.1) is 5.92 Å². The van der Waals surface area contributed by atoms with E-state index in [2.05, 4.69) is 12.2 Å². The van der Waals surface area contributed by atoms with Gasteiger partial charge >= 0.3 is 5.97 Å². The van der Waals surface area contributed by atoms with E-state index in [1.807, 2.05) is 13.8 Å². The quantitative estimate of drug-likeness (QED) is 0.550. The lowest BCUT2D eigenvalue weighted by molar-refractivity contribution is -0.148. The van der Waals surface area contributed by atoms with Crippen molar-refractivity contribution in [1.29, 1.82) is 0 Å². The number of carbonyl (C=O) groups is 1. The van der Waals surface area contributed by atoms with Crippen molar-refractivity contribution in [2.75, 3.05) is 20.3 Å². The molecule has 0 aromatic carbocycles. The highest BCUT2D eigenvalue weighted by Crippen LogP contribution is 2.26. The number of carbonyl (C=O) groups excluding carboxylic acids is 1. The summed E-state index contributed by atoms with van der Waals surface area (Å²) in [6, 6.07) is 0. The summed E-state index contributed by atoms with van der Waals surface area (Å²) in [4.78, 5) is 11.8. The average Bonchev–Trinajstić information content (AvgIpc) is 2.44. The van der Waals surface area contributed by atoms with E-state index in [9.17, 15) is 4.79 Å². The molecule has 20 heavy (non-hydrogen) atoms. The molecule has 0 amide bonds. The van der Waals surface area contributed by atoms with Crippen LogP contribution in [0.15, 0.2) is 0 Å². The fourth-order valence-electron chi connectivity index (χ4n) is 3.07. The molecule has 0 aliphatic heterocycles. The summed E-state index contributed by atoms with van der Waals surface area (Å²) in [6.07, 6.45) is 7.11. The summed E-state index contributed by atoms with van der Waals surface area (Å²) >= 11 is 0. The smallest absolute Gasteiger partial charge is 0.325 e. The molecule has 1 aliphatic carbocycles. The first kappa shape index (κ1) is 17.4. The molecule has 1 saturated carbocycles. The Morgan fingerprint density at radius 3 is 2.65 bits per heavy atom. The van der Waals surface area contributed by atoms with E-state index in [1.54, 1.807) is 0 Å². The highest BCUT2D eigenvalue weighted by atomic mass is 16.5. The summed E-state index contributed by atoms with van der Waals surface area (Å²) in [5, 5.41) is 3.23. The number of hydrogen-bond acceptors (Lipinski definition) is 4. The van der Waals surface area contributed by atoms with Gasteiger partial charge in [-0.15, -0.1) is 0 Å². The molecule has 0 heterocycles. The van der Waals surface area contributed by atoms with Gasteiger partial charge in [-0.1, -0.05) is 26.7 Å². The molecule has 4 heteroatoms. The van der Waals surface area contributed by atoms with Gasteiger partial charge in [-0.3, -0.25) is 4.79 Å². The van der Waals surface area contributed by atoms with E-state index in [-0.39, 0.29) is 5.97 Å². The fraction of sp³-hybridized carbons (Fsp3) is 0.938. The first-order chi connectivity index (χ1) is 9.53. The molecule has 0 radical (unpaired) electrons. The van der Waals surface area contributed by atoms with E-state index >= 15 is 0 Å². The molecule has 1 fully saturated rings. The molecule has 0 saturated heterocycles. The molecular weight excluding hydrogens is 254 g/mol. The summed E-state index contributed by atoms with van der Waals surface area (Å²) < 4.78 is 10.9. The third-order valence-corrected chi connectivity index (χ3v) is 4.39. The third kappa shape index (κ3) is 5.06. The molecule has 3 unspecified atom stereocenters. The van der Waals surface area contributed by atoms with Crippen LogP contribution in [0.2, 0.25) is 0 Å². The van der Waals surface area contributed by atoms with Gasteiger partial charge in [0.25, 0.3) is 0 Å². The van der Waals surface area contributed by atoms with Crippen LogP contribution in [0.4, 0.5) is 0 Å². The highest BCUT2D eigenvalue weighted by Gasteiger charge is 2.32. The van der Waals surface area contributed by atoms with Crippen molar-refractivity contribution >= 4 is 5.97 Å². The zero-order valence-electron chi connectivity index (χ0n) is 13.5. The van der Waals surface area contributed by atoms with Crippen molar-refractivity contribution in [3.63, 3.8) is 0 Å². The van der Waals surface area contributed by atoms with Gasteiger partial charge in [-0.05, 0) is 45.1 Å². The fourth-order valence-corrected chi connectivity index (χ4v) is 3.07. The minimum atomic E-state index is -0.592. The van der Waals surface area contributed by atoms with Crippen LogP contribution in [0.5, 0.6) is 0 Å². The lowest BCUT2D eigenvalue weighted by Crippen LogP contribution is -2.50. The zero-order valence-corrected chi connectivity index (χ0v) is 13.5. The maximum Gasteiger partial charge on any atom is 0.325 e. The Kier molecular flexibility index (Phi) is 7.52. The van der Waals surface area contributed by atoms with Crippen LogP contribution >= 0.6 is 0 Å². The van der Waals surface area contributed by atoms with Crippen LogP contribution in [0.1, 0.15) is 59.3 Å². The van der Waals surface area contributed by atoms with Gasteiger partial charge in [0.15, 0.2) is 0 Å². The zero-order chi connectivity index (χ0) is 15.0. The van der Waals surface area contributed by atoms with Crippen molar-refractivity contribution in [3.05, 3.63) is 0 Å². The predicted octanol–water partition coefficient (Wildman–Crippen LogP) is 2.90. The molecule has 3 atom stereocenters. The van der Waals surface area contributed by atoms with Crippen molar-refractivity contribution in [1.82, 2.24) is 5.32 Å². The summed E-state index contributed by atoms with van der Waals surface area (Å²) in [5.74, 6) is 0.481. The summed E-state index contributed by atoms with van der Waals surface area (Å²) in [5.41, 5.74) is -0.592. The SMILES string of the molecule is CCNC(C)(CCCOC1CCCCC1C)C(=O)OC. The minimum absolute atomic E-state index is 0.189. The molecule has 4 nitrogen and oxygen atoms in total. The van der Waals surface area contributed by atoms with Crippen molar-refractivity contribution in [2.45, 2.75) is 70.9 Å². The lowest BCUT2D eigenvalue weighted by atomic mass is 9.88. The van der Waals surface area contributed by atoms with Gasteiger partial charge < -0.3 is 14.8 Å². The Morgan fingerprint density at radius 2 is 2.05 bits per heavy atom. The first-order valence-electron chi connectivity index (χ1n) is 7.98. The second kappa shape index (κ2) is 8.63. The van der Waals surface area contributed by atoms with Gasteiger partial charge in [-0.2, -0.15) is 0 Å². The minimum Gasteiger partial charge on any atom is -0.468 e. The number of nitrogens with one attached hydrogen (secondary N) is 1. The Labute approximate surface area is 123 Å². The maximum atomic E-state index is 11.8. The van der Waals surface area contributed by atoms with Crippen LogP contribution < -0.4 is 5.32 Å². The number of methoxy groups -OCH3 is 1. The Balaban J connectivity index is 2.31. The monoisotopic (exact) mass is 285 g/mol. The highest BCUT2D eigenvalue weighted by molar-refractivity contribution is 5.80. The number of likely N-dealkylation sites (N-methyl/N-ethyl adjacent to an activating group) is 1. The van der Waals surface area contributed by atoms with E-state index in [4.69, 9.17) is 9.47 Å². The standard InChI is InChI=1S/C16H31NO3/c1-5-17-16(3,15(18)19-4)11-8-12-20-14-10-7-6-9-13(14)2/h13-14,17H,5-12H2,1-4H3. The average molecular weight is 285 g/mol. The molecule has 1 rings (SSSR count). The number of hydrogen-bond donors (Lipinski definition) is 1. The van der Waals surface area contributed by atoms with Crippen LogP contribution in [0.3, 0.4) is 0 Å². The second-order valence-corrected chi connectivity index (χ2v) is 6.13. The molecule has 0 aromatic heterocycles. The van der Waals surface area contributed by atoms with Crippen molar-refractivity contribution < 1.29 is 14.3 Å². The van der Waals surface area contributed by atoms with Crippen molar-refractivity contribution in [2.24, 2.45) is 5.92 Å². The van der Waals surface area contributed by atoms with Gasteiger partial charge in [0.05, 0.1) is 13.2 Å². The molecule has 0 aromatic rings. The Morgan fingerprint density at radius 1 is 1.35 bits per heavy atom. The van der Waals surface area contributed by atoms with E-state index in [1.165, 1.54) is 32.8 Å². The van der Waals surface area contributed by atoms with Crippen LogP contribution in [-0.4, -0.2) is 37.9 Å². The van der Waals surface area contributed by atoms with Crippen LogP contribution in [0.25, 0.3) is 0 Å². The predicted molar refractivity (Wildman–Crippen MR) is 80.7 cm³/mol. The lowest BCUT2D eigenvalue weighted by Gasteiger charge is -2.30. The molecule has 0 bridgehead atoms. The molecule has 1 N–H and O–H groups in total. The second-order valence-electron chi connectivity index (χ2n) is 6.13. The van der Waals surface area contributed by atoms with E-state index < -0.39 is 5.54 Å². The summed E-state index contributed by atoms with van der Waals surface area (Å²) in [7, 11) is 1.44. The maximum absolute atomic E-state index is 11.8. The number of esters is 1. The largest absolute Gasteiger partial charge is 0.468 e. The normalized spacial score (nSPS) is 26.0. The van der Waals surface area contributed by atoms with Gasteiger partial charge in [0.2, 0.25) is 0 Å². The first-order valence-corrected chi connectivity index (χ1v) is 7.98. The Hall–Kier alpha value is -0.610. The van der Waals surface area contributed by atoms with Gasteiger partial charge in [0, 0.05) is 6.61 Å². The van der Waals surface area contributed by atoms with Crippen molar-refractivity contribution in [3.8, 4) is 0 Å². The van der Waals surface area contributed by atoms with E-state index in [0.29, 0.717) is 12.0 Å². The van der Waals surface area contributed by atoms with E-state index in [0.717, 1.165) is 26.0 Å². The molecular formula is C16H31NO3. The molecule has 0 spiro atoms. The third-order valence-electron chi connectivity index (χ3n) is 4.39. The topological polar surface area (TPSA) is 47.6 Å². The summed E-state index contributed by atoms with van der Waals surface area (Å²) in [6.45, 7) is 7.67. The number of ether oxygens (including phenoxy) is 2. The van der Waals surface area contributed by atoms with Crippen LogP contribution in [-0.2, 0) is 14.3 Å². The number of rotatable bonds is 8. The molecule has 118 valence electrons. The molecule has 1 aliphatic rings. The Bertz CT molecular complexity index is 295. The van der Waals surface area contributed by atoms with Gasteiger partial charge in [-0.25, -0.2) is 0 Å².